The lowest BCUT2D eigenvalue weighted by atomic mass is 9.87. The number of rotatable bonds is 8. The Morgan fingerprint density at radius 1 is 1.18 bits per heavy atom. The molecule has 1 aromatic carbocycles. The Labute approximate surface area is 168 Å². The fourth-order valence-corrected chi connectivity index (χ4v) is 3.78. The first-order chi connectivity index (χ1) is 13.5. The molecular weight excluding hydrogens is 350 g/mol. The van der Waals surface area contributed by atoms with Crippen LogP contribution in [0.5, 0.6) is 5.75 Å². The van der Waals surface area contributed by atoms with Crippen LogP contribution in [0.1, 0.15) is 57.6 Å². The van der Waals surface area contributed by atoms with Gasteiger partial charge in [-0.05, 0) is 47.9 Å². The minimum atomic E-state index is -0.374. The van der Waals surface area contributed by atoms with Crippen molar-refractivity contribution in [1.29, 1.82) is 0 Å². The molecule has 1 aromatic heterocycles. The predicted molar refractivity (Wildman–Crippen MR) is 113 cm³/mol. The number of anilines is 1. The van der Waals surface area contributed by atoms with Gasteiger partial charge in [0.2, 0.25) is 0 Å². The number of nitrogens with one attached hydrogen (secondary N) is 1. The molecule has 3 rings (SSSR count). The van der Waals surface area contributed by atoms with E-state index in [1.165, 1.54) is 29.7 Å². The molecule has 0 saturated carbocycles. The van der Waals surface area contributed by atoms with Crippen LogP contribution < -0.4 is 15.0 Å². The summed E-state index contributed by atoms with van der Waals surface area (Å²) in [5.74, 6) is 0.601. The molecule has 5 heteroatoms. The molecular formula is C23H31N3O2. The molecule has 150 valence electrons. The minimum Gasteiger partial charge on any atom is -0.410 e. The summed E-state index contributed by atoms with van der Waals surface area (Å²) in [6, 6.07) is 10.1. The van der Waals surface area contributed by atoms with Crippen LogP contribution in [0.2, 0.25) is 0 Å². The van der Waals surface area contributed by atoms with E-state index in [1.54, 1.807) is 0 Å². The van der Waals surface area contributed by atoms with Crippen molar-refractivity contribution in [3.8, 4) is 5.75 Å². The van der Waals surface area contributed by atoms with Gasteiger partial charge in [-0.25, -0.2) is 4.79 Å². The summed E-state index contributed by atoms with van der Waals surface area (Å²) in [6.07, 6.45) is 7.80. The monoisotopic (exact) mass is 381 g/mol. The first-order valence-corrected chi connectivity index (χ1v) is 10.2. The zero-order valence-corrected chi connectivity index (χ0v) is 17.2. The van der Waals surface area contributed by atoms with E-state index in [0.717, 1.165) is 25.9 Å². The van der Waals surface area contributed by atoms with E-state index < -0.39 is 0 Å². The summed E-state index contributed by atoms with van der Waals surface area (Å²) in [4.78, 5) is 18.5. The molecule has 0 radical (unpaired) electrons. The van der Waals surface area contributed by atoms with E-state index in [9.17, 15) is 4.79 Å². The number of unbranched alkanes of at least 4 members (excludes halogenated alkanes) is 3. The van der Waals surface area contributed by atoms with E-state index in [2.05, 4.69) is 42.0 Å². The topological polar surface area (TPSA) is 54.5 Å². The summed E-state index contributed by atoms with van der Waals surface area (Å²) < 4.78 is 5.52. The molecule has 5 nitrogen and oxygen atoms in total. The van der Waals surface area contributed by atoms with Gasteiger partial charge in [0.15, 0.2) is 0 Å². The maximum atomic E-state index is 12.1. The van der Waals surface area contributed by atoms with Crippen LogP contribution in [-0.4, -0.2) is 24.2 Å². The van der Waals surface area contributed by atoms with Gasteiger partial charge in [0, 0.05) is 43.1 Å². The highest BCUT2D eigenvalue weighted by atomic mass is 16.6. The molecule has 0 bridgehead atoms. The Kier molecular flexibility index (Phi) is 6.55. The number of aromatic nitrogens is 1. The second kappa shape index (κ2) is 9.09. The number of pyridine rings is 1. The number of carbonyl (C=O) groups excluding carboxylic acids is 1. The van der Waals surface area contributed by atoms with Crippen molar-refractivity contribution in [1.82, 2.24) is 10.3 Å². The number of nitrogens with zero attached hydrogens (tertiary/aromatic N) is 2. The lowest BCUT2D eigenvalue weighted by Crippen LogP contribution is -2.28. The summed E-state index contributed by atoms with van der Waals surface area (Å²) in [5, 5.41) is 2.84. The van der Waals surface area contributed by atoms with Gasteiger partial charge in [-0.2, -0.15) is 0 Å². The van der Waals surface area contributed by atoms with E-state index in [4.69, 9.17) is 4.74 Å². The molecule has 2 aromatic rings. The Bertz CT molecular complexity index is 790. The number of fused-ring (bicyclic) bond motifs is 1. The Morgan fingerprint density at radius 2 is 1.96 bits per heavy atom. The summed E-state index contributed by atoms with van der Waals surface area (Å²) in [6.45, 7) is 9.07. The molecule has 0 saturated heterocycles. The lowest BCUT2D eigenvalue weighted by Gasteiger charge is -2.22. The molecule has 1 aliphatic heterocycles. The van der Waals surface area contributed by atoms with Crippen LogP contribution in [0.3, 0.4) is 0 Å². The van der Waals surface area contributed by atoms with Crippen LogP contribution in [0.25, 0.3) is 0 Å². The predicted octanol–water partition coefficient (Wildman–Crippen LogP) is 5.05. The minimum absolute atomic E-state index is 0.00162. The summed E-state index contributed by atoms with van der Waals surface area (Å²) >= 11 is 0. The largest absolute Gasteiger partial charge is 0.412 e. The molecule has 1 amide bonds. The Balaban J connectivity index is 1.64. The maximum Gasteiger partial charge on any atom is 0.412 e. The molecule has 0 unspecified atom stereocenters. The highest BCUT2D eigenvalue weighted by molar-refractivity contribution is 5.72. The zero-order chi connectivity index (χ0) is 20.0. The Morgan fingerprint density at radius 3 is 2.71 bits per heavy atom. The normalized spacial score (nSPS) is 14.6. The second-order valence-corrected chi connectivity index (χ2v) is 8.15. The molecule has 0 atom stereocenters. The van der Waals surface area contributed by atoms with Crippen molar-refractivity contribution in [2.75, 3.05) is 18.0 Å². The number of carbonyl (C=O) groups is 1. The van der Waals surface area contributed by atoms with Crippen LogP contribution in [0.4, 0.5) is 10.5 Å². The molecule has 1 aliphatic rings. The molecule has 0 spiro atoms. The van der Waals surface area contributed by atoms with Gasteiger partial charge in [-0.15, -0.1) is 0 Å². The SMILES string of the molecule is CCCCCCNC(=O)Oc1ccc2c(c1)C(C)(C)CN2Cc1ccncc1. The molecule has 0 aliphatic carbocycles. The maximum absolute atomic E-state index is 12.1. The number of hydrogen-bond acceptors (Lipinski definition) is 4. The van der Waals surface area contributed by atoms with Crippen molar-refractivity contribution in [2.24, 2.45) is 0 Å². The van der Waals surface area contributed by atoms with Crippen molar-refractivity contribution in [3.63, 3.8) is 0 Å². The standard InChI is InChI=1S/C23H31N3O2/c1-4-5-6-7-12-25-22(27)28-19-8-9-21-20(15-19)23(2,3)17-26(21)16-18-10-13-24-14-11-18/h8-11,13-15H,4-7,12,16-17H2,1-3H3,(H,25,27). The van der Waals surface area contributed by atoms with Gasteiger partial charge in [-0.3, -0.25) is 4.98 Å². The zero-order valence-electron chi connectivity index (χ0n) is 17.2. The smallest absolute Gasteiger partial charge is 0.410 e. The first kappa shape index (κ1) is 20.2. The lowest BCUT2D eigenvalue weighted by molar-refractivity contribution is 0.200. The van der Waals surface area contributed by atoms with E-state index in [0.29, 0.717) is 12.3 Å². The third-order valence-electron chi connectivity index (χ3n) is 5.26. The van der Waals surface area contributed by atoms with E-state index >= 15 is 0 Å². The van der Waals surface area contributed by atoms with Gasteiger partial charge >= 0.3 is 6.09 Å². The van der Waals surface area contributed by atoms with Crippen LogP contribution >= 0.6 is 0 Å². The molecule has 1 N–H and O–H groups in total. The van der Waals surface area contributed by atoms with Crippen LogP contribution in [-0.2, 0) is 12.0 Å². The van der Waals surface area contributed by atoms with E-state index in [1.807, 2.05) is 36.7 Å². The summed E-state index contributed by atoms with van der Waals surface area (Å²) in [5.41, 5.74) is 3.66. The van der Waals surface area contributed by atoms with E-state index in [-0.39, 0.29) is 11.5 Å². The molecule has 0 fully saturated rings. The quantitative estimate of drug-likeness (QED) is 0.650. The fraction of sp³-hybridized carbons (Fsp3) is 0.478. The van der Waals surface area contributed by atoms with Gasteiger partial charge in [0.05, 0.1) is 0 Å². The number of ether oxygens (including phenoxy) is 1. The van der Waals surface area contributed by atoms with Crippen molar-refractivity contribution in [2.45, 2.75) is 58.4 Å². The number of amides is 1. The number of benzene rings is 1. The number of hydrogen-bond donors (Lipinski definition) is 1. The van der Waals surface area contributed by atoms with Gasteiger partial charge in [0.1, 0.15) is 5.75 Å². The summed E-state index contributed by atoms with van der Waals surface area (Å²) in [7, 11) is 0. The molecule has 28 heavy (non-hydrogen) atoms. The highest BCUT2D eigenvalue weighted by Crippen LogP contribution is 2.42. The van der Waals surface area contributed by atoms with Crippen molar-refractivity contribution in [3.05, 3.63) is 53.9 Å². The second-order valence-electron chi connectivity index (χ2n) is 8.15. The third-order valence-corrected chi connectivity index (χ3v) is 5.26. The fourth-order valence-electron chi connectivity index (χ4n) is 3.78. The van der Waals surface area contributed by atoms with Crippen molar-refractivity contribution < 1.29 is 9.53 Å². The van der Waals surface area contributed by atoms with Crippen molar-refractivity contribution >= 4 is 11.8 Å². The van der Waals surface area contributed by atoms with Gasteiger partial charge in [0.25, 0.3) is 0 Å². The highest BCUT2D eigenvalue weighted by Gasteiger charge is 2.35. The Hall–Kier alpha value is -2.56. The average Bonchev–Trinajstić information content (AvgIpc) is 2.92. The molecule has 2 heterocycles. The van der Waals surface area contributed by atoms with Gasteiger partial charge < -0.3 is 15.0 Å². The average molecular weight is 382 g/mol. The first-order valence-electron chi connectivity index (χ1n) is 10.2. The van der Waals surface area contributed by atoms with Crippen LogP contribution in [0, 0.1) is 0 Å². The van der Waals surface area contributed by atoms with Gasteiger partial charge in [-0.1, -0.05) is 40.0 Å². The third kappa shape index (κ3) is 5.03. The van der Waals surface area contributed by atoms with Crippen LogP contribution in [0.15, 0.2) is 42.7 Å².